The van der Waals surface area contributed by atoms with Gasteiger partial charge in [0.2, 0.25) is 10.0 Å². The summed E-state index contributed by atoms with van der Waals surface area (Å²) < 4.78 is 45.6. The number of anilines is 1. The van der Waals surface area contributed by atoms with Crippen molar-refractivity contribution < 1.29 is 27.1 Å². The highest BCUT2D eigenvalue weighted by Crippen LogP contribution is 2.21. The average molecular weight is 447 g/mol. The molecule has 0 heterocycles. The average Bonchev–Trinajstić information content (AvgIpc) is 2.74. The molecule has 2 aromatic rings. The number of nitrogens with zero attached hydrogens (tertiary/aromatic N) is 2. The van der Waals surface area contributed by atoms with Crippen molar-refractivity contribution >= 4 is 27.6 Å². The summed E-state index contributed by atoms with van der Waals surface area (Å²) in [5.41, 5.74) is 0.621. The van der Waals surface area contributed by atoms with Gasteiger partial charge in [0.05, 0.1) is 17.2 Å². The molecule has 0 bridgehead atoms. The number of hydrogen-bond donors (Lipinski definition) is 1. The van der Waals surface area contributed by atoms with Crippen LogP contribution in [0.15, 0.2) is 47.4 Å². The lowest BCUT2D eigenvalue weighted by Crippen LogP contribution is -2.32. The number of sulfonamides is 1. The summed E-state index contributed by atoms with van der Waals surface area (Å²) >= 11 is 0. The number of hydrogen-bond acceptors (Lipinski definition) is 6. The SMILES string of the molecule is CCN(CC)S(=O)(=O)c1cc(C(=O)OC(C)C(=O)Nc2ccc(C#N)cc2)ccc1F. The Morgan fingerprint density at radius 2 is 1.77 bits per heavy atom. The molecule has 1 atom stereocenters. The highest BCUT2D eigenvalue weighted by Gasteiger charge is 2.27. The smallest absolute Gasteiger partial charge is 0.338 e. The van der Waals surface area contributed by atoms with Crippen LogP contribution in [-0.2, 0) is 19.6 Å². The number of nitrogens with one attached hydrogen (secondary N) is 1. The Balaban J connectivity index is 2.15. The molecule has 0 saturated heterocycles. The fourth-order valence-corrected chi connectivity index (χ4v) is 4.23. The Morgan fingerprint density at radius 1 is 1.16 bits per heavy atom. The first-order valence-electron chi connectivity index (χ1n) is 9.45. The molecule has 1 N–H and O–H groups in total. The molecular weight excluding hydrogens is 425 g/mol. The molecule has 164 valence electrons. The summed E-state index contributed by atoms with van der Waals surface area (Å²) in [7, 11) is -4.13. The zero-order chi connectivity index (χ0) is 23.2. The third-order valence-electron chi connectivity index (χ3n) is 4.42. The second-order valence-corrected chi connectivity index (χ2v) is 8.37. The molecule has 0 aliphatic carbocycles. The second-order valence-electron chi connectivity index (χ2n) is 6.46. The molecule has 0 spiro atoms. The minimum absolute atomic E-state index is 0.138. The first kappa shape index (κ1) is 24.0. The molecular formula is C21H22FN3O5S. The number of rotatable bonds is 8. The number of carbonyl (C=O) groups excluding carboxylic acids is 2. The zero-order valence-corrected chi connectivity index (χ0v) is 18.1. The predicted octanol–water partition coefficient (Wildman–Crippen LogP) is 2.91. The maximum Gasteiger partial charge on any atom is 0.338 e. The predicted molar refractivity (Wildman–Crippen MR) is 111 cm³/mol. The zero-order valence-electron chi connectivity index (χ0n) is 17.3. The fourth-order valence-electron chi connectivity index (χ4n) is 2.68. The van der Waals surface area contributed by atoms with Crippen LogP contribution in [0.5, 0.6) is 0 Å². The first-order valence-corrected chi connectivity index (χ1v) is 10.9. The van der Waals surface area contributed by atoms with E-state index in [4.69, 9.17) is 10.00 Å². The topological polar surface area (TPSA) is 117 Å². The molecule has 0 aliphatic rings. The minimum atomic E-state index is -4.13. The quantitative estimate of drug-likeness (QED) is 0.622. The monoisotopic (exact) mass is 447 g/mol. The number of amides is 1. The van der Waals surface area contributed by atoms with E-state index in [9.17, 15) is 22.4 Å². The molecule has 8 nitrogen and oxygen atoms in total. The van der Waals surface area contributed by atoms with Crippen molar-refractivity contribution in [2.45, 2.75) is 31.8 Å². The molecule has 2 aromatic carbocycles. The van der Waals surface area contributed by atoms with Crippen LogP contribution in [0.25, 0.3) is 0 Å². The van der Waals surface area contributed by atoms with Gasteiger partial charge >= 0.3 is 5.97 Å². The van der Waals surface area contributed by atoms with E-state index in [0.717, 1.165) is 22.5 Å². The molecule has 1 amide bonds. The van der Waals surface area contributed by atoms with Crippen molar-refractivity contribution in [2.75, 3.05) is 18.4 Å². The molecule has 0 saturated carbocycles. The highest BCUT2D eigenvalue weighted by atomic mass is 32.2. The third-order valence-corrected chi connectivity index (χ3v) is 6.49. The largest absolute Gasteiger partial charge is 0.449 e. The summed E-state index contributed by atoms with van der Waals surface area (Å²) in [6, 6.07) is 10.9. The normalized spacial score (nSPS) is 12.1. The lowest BCUT2D eigenvalue weighted by atomic mass is 10.2. The summed E-state index contributed by atoms with van der Waals surface area (Å²) in [4.78, 5) is 24.1. The van der Waals surface area contributed by atoms with Gasteiger partial charge in [-0.2, -0.15) is 9.57 Å². The van der Waals surface area contributed by atoms with Crippen molar-refractivity contribution in [3.05, 3.63) is 59.4 Å². The van der Waals surface area contributed by atoms with Gasteiger partial charge in [-0.1, -0.05) is 13.8 Å². The highest BCUT2D eigenvalue weighted by molar-refractivity contribution is 7.89. The van der Waals surface area contributed by atoms with Gasteiger partial charge in [-0.25, -0.2) is 17.6 Å². The lowest BCUT2D eigenvalue weighted by Gasteiger charge is -2.19. The van der Waals surface area contributed by atoms with Crippen molar-refractivity contribution in [3.8, 4) is 6.07 Å². The number of benzene rings is 2. The van der Waals surface area contributed by atoms with Crippen LogP contribution >= 0.6 is 0 Å². The van der Waals surface area contributed by atoms with Crippen molar-refractivity contribution in [1.29, 1.82) is 5.26 Å². The van der Waals surface area contributed by atoms with Gasteiger partial charge in [-0.3, -0.25) is 4.79 Å². The van der Waals surface area contributed by atoms with Gasteiger partial charge in [-0.15, -0.1) is 0 Å². The maximum atomic E-state index is 14.2. The second kappa shape index (κ2) is 10.1. The maximum absolute atomic E-state index is 14.2. The lowest BCUT2D eigenvalue weighted by molar-refractivity contribution is -0.123. The van der Waals surface area contributed by atoms with Crippen molar-refractivity contribution in [3.63, 3.8) is 0 Å². The molecule has 0 aliphatic heterocycles. The molecule has 0 aromatic heterocycles. The van der Waals surface area contributed by atoms with Crippen LogP contribution < -0.4 is 5.32 Å². The third kappa shape index (κ3) is 5.65. The van der Waals surface area contributed by atoms with Gasteiger partial charge in [-0.05, 0) is 49.4 Å². The molecule has 2 rings (SSSR count). The van der Waals surface area contributed by atoms with E-state index in [1.165, 1.54) is 31.2 Å². The summed E-state index contributed by atoms with van der Waals surface area (Å²) in [6.07, 6.45) is -1.21. The summed E-state index contributed by atoms with van der Waals surface area (Å²) in [5.74, 6) is -2.59. The van der Waals surface area contributed by atoms with Crippen molar-refractivity contribution in [2.24, 2.45) is 0 Å². The standard InChI is InChI=1S/C21H22FN3O5S/c1-4-25(5-2)31(28,29)19-12-16(8-11-18(19)22)21(27)30-14(3)20(26)24-17-9-6-15(13-23)7-10-17/h6-12,14H,4-5H2,1-3H3,(H,24,26). The number of carbonyl (C=O) groups is 2. The van der Waals surface area contributed by atoms with Gasteiger partial charge in [0.25, 0.3) is 5.91 Å². The van der Waals surface area contributed by atoms with E-state index < -0.39 is 38.7 Å². The van der Waals surface area contributed by atoms with Gasteiger partial charge < -0.3 is 10.1 Å². The van der Waals surface area contributed by atoms with E-state index in [0.29, 0.717) is 11.3 Å². The fraction of sp³-hybridized carbons (Fsp3) is 0.286. The van der Waals surface area contributed by atoms with Gasteiger partial charge in [0.15, 0.2) is 6.10 Å². The molecule has 1 unspecified atom stereocenters. The van der Waals surface area contributed by atoms with E-state index in [2.05, 4.69) is 5.32 Å². The molecule has 0 fully saturated rings. The molecule has 0 radical (unpaired) electrons. The molecule has 31 heavy (non-hydrogen) atoms. The van der Waals surface area contributed by atoms with Crippen LogP contribution in [0.3, 0.4) is 0 Å². The Morgan fingerprint density at radius 3 is 2.32 bits per heavy atom. The minimum Gasteiger partial charge on any atom is -0.449 e. The number of ether oxygens (including phenoxy) is 1. The Kier molecular flexibility index (Phi) is 7.85. The van der Waals surface area contributed by atoms with Crippen LogP contribution in [0.4, 0.5) is 10.1 Å². The van der Waals surface area contributed by atoms with Crippen molar-refractivity contribution in [1.82, 2.24) is 4.31 Å². The van der Waals surface area contributed by atoms with E-state index in [1.54, 1.807) is 13.8 Å². The van der Waals surface area contributed by atoms with E-state index in [1.807, 2.05) is 6.07 Å². The first-order chi connectivity index (χ1) is 14.6. The molecule has 10 heteroatoms. The van der Waals surface area contributed by atoms with E-state index >= 15 is 0 Å². The van der Waals surface area contributed by atoms with Crippen LogP contribution in [0.2, 0.25) is 0 Å². The summed E-state index contributed by atoms with van der Waals surface area (Å²) in [5, 5.41) is 11.3. The van der Waals surface area contributed by atoms with Gasteiger partial charge in [0.1, 0.15) is 10.7 Å². The van der Waals surface area contributed by atoms with Gasteiger partial charge in [0, 0.05) is 18.8 Å². The Hall–Kier alpha value is -3.29. The number of nitriles is 1. The number of esters is 1. The Bertz CT molecular complexity index is 1110. The Labute approximate surface area is 180 Å². The van der Waals surface area contributed by atoms with Crippen LogP contribution in [0.1, 0.15) is 36.7 Å². The van der Waals surface area contributed by atoms with E-state index in [-0.39, 0.29) is 18.7 Å². The number of halogens is 1. The van der Waals surface area contributed by atoms with Crippen LogP contribution in [-0.4, -0.2) is 43.8 Å². The summed E-state index contributed by atoms with van der Waals surface area (Å²) in [6.45, 7) is 4.85. The van der Waals surface area contributed by atoms with Crippen LogP contribution in [0, 0.1) is 17.1 Å².